The minimum absolute atomic E-state index is 0.0247. The van der Waals surface area contributed by atoms with Crippen molar-refractivity contribution in [1.82, 2.24) is 15.1 Å². The summed E-state index contributed by atoms with van der Waals surface area (Å²) in [4.78, 5) is 15.9. The first-order chi connectivity index (χ1) is 11.6. The van der Waals surface area contributed by atoms with Gasteiger partial charge in [0.1, 0.15) is 0 Å². The van der Waals surface area contributed by atoms with Crippen LogP contribution in [0.4, 0.5) is 4.79 Å². The summed E-state index contributed by atoms with van der Waals surface area (Å²) in [5.41, 5.74) is 0.0247. The van der Waals surface area contributed by atoms with Crippen molar-refractivity contribution in [3.05, 3.63) is 0 Å². The van der Waals surface area contributed by atoms with Crippen LogP contribution >= 0.6 is 0 Å². The van der Waals surface area contributed by atoms with E-state index in [4.69, 9.17) is 9.47 Å². The Balaban J connectivity index is 1.46. The second-order valence-corrected chi connectivity index (χ2v) is 7.94. The third-order valence-electron chi connectivity index (χ3n) is 5.71. The lowest BCUT2D eigenvalue weighted by Gasteiger charge is -2.39. The summed E-state index contributed by atoms with van der Waals surface area (Å²) in [5.74, 6) is 0.785. The number of carbonyl (C=O) groups excluding carboxylic acids is 1. The Labute approximate surface area is 145 Å². The predicted octanol–water partition coefficient (Wildman–Crippen LogP) is 1.70. The molecule has 3 rings (SSSR count). The zero-order valence-corrected chi connectivity index (χ0v) is 15.3. The standard InChI is InChI=1S/C18H33N3O3/c1-20(2)17(22)19-12-16-4-3-7-18(24-16)8-9-21(14-18)13-15-5-10-23-11-6-15/h15-16H,3-14H2,1-2H3,(H,19,22)/t16-,18+/m0/s1. The molecule has 3 saturated heterocycles. The fourth-order valence-corrected chi connectivity index (χ4v) is 4.30. The summed E-state index contributed by atoms with van der Waals surface area (Å²) in [7, 11) is 3.54. The van der Waals surface area contributed by atoms with Crippen molar-refractivity contribution in [2.45, 2.75) is 50.2 Å². The van der Waals surface area contributed by atoms with Gasteiger partial charge >= 0.3 is 6.03 Å². The second-order valence-electron chi connectivity index (χ2n) is 7.94. The van der Waals surface area contributed by atoms with Gasteiger partial charge in [-0.05, 0) is 44.4 Å². The molecule has 1 spiro atoms. The molecule has 0 aromatic heterocycles. The van der Waals surface area contributed by atoms with E-state index in [1.807, 2.05) is 0 Å². The minimum atomic E-state index is -0.0363. The molecule has 0 radical (unpaired) electrons. The molecule has 1 N–H and O–H groups in total. The number of carbonyl (C=O) groups is 1. The molecule has 0 aromatic rings. The fourth-order valence-electron chi connectivity index (χ4n) is 4.30. The average Bonchev–Trinajstić information content (AvgIpc) is 2.95. The Hall–Kier alpha value is -0.850. The van der Waals surface area contributed by atoms with Crippen LogP contribution in [0.2, 0.25) is 0 Å². The first-order valence-electron chi connectivity index (χ1n) is 9.49. The van der Waals surface area contributed by atoms with Gasteiger partial charge in [-0.1, -0.05) is 0 Å². The number of amides is 2. The highest BCUT2D eigenvalue weighted by Crippen LogP contribution is 2.37. The summed E-state index contributed by atoms with van der Waals surface area (Å²) < 4.78 is 12.0. The molecule has 138 valence electrons. The maximum atomic E-state index is 11.7. The van der Waals surface area contributed by atoms with Gasteiger partial charge in [0.2, 0.25) is 0 Å². The van der Waals surface area contributed by atoms with E-state index < -0.39 is 0 Å². The molecule has 0 unspecified atom stereocenters. The highest BCUT2D eigenvalue weighted by atomic mass is 16.5. The number of hydrogen-bond donors (Lipinski definition) is 1. The zero-order valence-electron chi connectivity index (χ0n) is 15.3. The summed E-state index contributed by atoms with van der Waals surface area (Å²) in [6.45, 7) is 5.87. The molecule has 2 atom stereocenters. The van der Waals surface area contributed by atoms with Crippen molar-refractivity contribution in [2.24, 2.45) is 5.92 Å². The molecule has 3 aliphatic rings. The van der Waals surface area contributed by atoms with Gasteiger partial charge in [-0.15, -0.1) is 0 Å². The largest absolute Gasteiger partial charge is 0.381 e. The lowest BCUT2D eigenvalue weighted by molar-refractivity contribution is -0.119. The van der Waals surface area contributed by atoms with Crippen molar-refractivity contribution < 1.29 is 14.3 Å². The van der Waals surface area contributed by atoms with Crippen LogP contribution in [0.5, 0.6) is 0 Å². The summed E-state index contributed by atoms with van der Waals surface area (Å²) in [5, 5.41) is 2.97. The van der Waals surface area contributed by atoms with Gasteiger partial charge in [0.15, 0.2) is 0 Å². The Morgan fingerprint density at radius 2 is 2.04 bits per heavy atom. The van der Waals surface area contributed by atoms with E-state index in [1.165, 1.54) is 25.8 Å². The molecule has 6 heteroatoms. The van der Waals surface area contributed by atoms with Gasteiger partial charge in [0.25, 0.3) is 0 Å². The monoisotopic (exact) mass is 339 g/mol. The second kappa shape index (κ2) is 8.02. The summed E-state index contributed by atoms with van der Waals surface area (Å²) in [6.07, 6.45) is 7.10. The van der Waals surface area contributed by atoms with Crippen molar-refractivity contribution >= 4 is 6.03 Å². The maximum Gasteiger partial charge on any atom is 0.316 e. The van der Waals surface area contributed by atoms with Crippen LogP contribution in [-0.4, -0.2) is 81.0 Å². The Morgan fingerprint density at radius 3 is 2.79 bits per heavy atom. The molecule has 0 bridgehead atoms. The molecule has 2 amide bonds. The van der Waals surface area contributed by atoms with Gasteiger partial charge in [0.05, 0.1) is 11.7 Å². The zero-order chi connectivity index (χ0) is 17.0. The molecule has 0 aromatic carbocycles. The normalized spacial score (nSPS) is 32.2. The maximum absolute atomic E-state index is 11.7. The number of ether oxygens (including phenoxy) is 2. The lowest BCUT2D eigenvalue weighted by Crippen LogP contribution is -2.48. The first kappa shape index (κ1) is 18.0. The molecular weight excluding hydrogens is 306 g/mol. The SMILES string of the molecule is CN(C)C(=O)NC[C@@H]1CCC[C@]2(CCN(CC3CCOCC3)C2)O1. The van der Waals surface area contributed by atoms with E-state index in [0.29, 0.717) is 6.54 Å². The minimum Gasteiger partial charge on any atom is -0.381 e. The van der Waals surface area contributed by atoms with Crippen molar-refractivity contribution in [1.29, 1.82) is 0 Å². The van der Waals surface area contributed by atoms with Gasteiger partial charge in [-0.25, -0.2) is 4.79 Å². The lowest BCUT2D eigenvalue weighted by atomic mass is 9.90. The van der Waals surface area contributed by atoms with Crippen molar-refractivity contribution in [3.63, 3.8) is 0 Å². The van der Waals surface area contributed by atoms with Crippen LogP contribution in [0, 0.1) is 5.92 Å². The number of urea groups is 1. The number of rotatable bonds is 4. The molecule has 3 fully saturated rings. The fraction of sp³-hybridized carbons (Fsp3) is 0.944. The highest BCUT2D eigenvalue weighted by molar-refractivity contribution is 5.73. The first-order valence-corrected chi connectivity index (χ1v) is 9.49. The van der Waals surface area contributed by atoms with E-state index in [1.54, 1.807) is 19.0 Å². The Kier molecular flexibility index (Phi) is 6.00. The van der Waals surface area contributed by atoms with E-state index in [0.717, 1.165) is 51.5 Å². The quantitative estimate of drug-likeness (QED) is 0.847. The number of hydrogen-bond acceptors (Lipinski definition) is 4. The third kappa shape index (κ3) is 4.61. The van der Waals surface area contributed by atoms with Gasteiger partial charge < -0.3 is 24.6 Å². The van der Waals surface area contributed by atoms with E-state index >= 15 is 0 Å². The van der Waals surface area contributed by atoms with Crippen LogP contribution in [-0.2, 0) is 9.47 Å². The molecule has 0 saturated carbocycles. The molecule has 24 heavy (non-hydrogen) atoms. The van der Waals surface area contributed by atoms with Crippen molar-refractivity contribution in [3.8, 4) is 0 Å². The molecule has 0 aliphatic carbocycles. The molecular formula is C18H33N3O3. The summed E-state index contributed by atoms with van der Waals surface area (Å²) in [6, 6.07) is -0.0363. The van der Waals surface area contributed by atoms with Crippen LogP contribution in [0.1, 0.15) is 38.5 Å². The Morgan fingerprint density at radius 1 is 1.25 bits per heavy atom. The predicted molar refractivity (Wildman–Crippen MR) is 93.1 cm³/mol. The molecule has 6 nitrogen and oxygen atoms in total. The number of nitrogens with one attached hydrogen (secondary N) is 1. The Bertz CT molecular complexity index is 426. The molecule has 3 aliphatic heterocycles. The van der Waals surface area contributed by atoms with Crippen LogP contribution < -0.4 is 5.32 Å². The van der Waals surface area contributed by atoms with Crippen LogP contribution in [0.3, 0.4) is 0 Å². The number of likely N-dealkylation sites (tertiary alicyclic amines) is 1. The van der Waals surface area contributed by atoms with Gasteiger partial charge in [0, 0.05) is 53.5 Å². The van der Waals surface area contributed by atoms with Gasteiger partial charge in [-0.2, -0.15) is 0 Å². The third-order valence-corrected chi connectivity index (χ3v) is 5.71. The van der Waals surface area contributed by atoms with Crippen molar-refractivity contribution in [2.75, 3.05) is 53.5 Å². The average molecular weight is 339 g/mol. The van der Waals surface area contributed by atoms with Crippen LogP contribution in [0.15, 0.2) is 0 Å². The molecule has 3 heterocycles. The summed E-state index contributed by atoms with van der Waals surface area (Å²) >= 11 is 0. The van der Waals surface area contributed by atoms with E-state index in [-0.39, 0.29) is 17.7 Å². The van der Waals surface area contributed by atoms with Gasteiger partial charge in [-0.3, -0.25) is 0 Å². The smallest absolute Gasteiger partial charge is 0.316 e. The van der Waals surface area contributed by atoms with Crippen LogP contribution in [0.25, 0.3) is 0 Å². The van der Waals surface area contributed by atoms with E-state index in [2.05, 4.69) is 10.2 Å². The topological polar surface area (TPSA) is 54.0 Å². The highest BCUT2D eigenvalue weighted by Gasteiger charge is 2.43. The number of nitrogens with zero attached hydrogens (tertiary/aromatic N) is 2. The van der Waals surface area contributed by atoms with E-state index in [9.17, 15) is 4.79 Å².